The van der Waals surface area contributed by atoms with Crippen molar-refractivity contribution < 1.29 is 4.79 Å². The van der Waals surface area contributed by atoms with Gasteiger partial charge in [-0.15, -0.1) is 11.3 Å². The lowest BCUT2D eigenvalue weighted by Crippen LogP contribution is -2.49. The molecular weight excluding hydrogens is 368 g/mol. The molecule has 1 fully saturated rings. The van der Waals surface area contributed by atoms with E-state index in [0.717, 1.165) is 47.4 Å². The first-order valence-corrected chi connectivity index (χ1v) is 8.32. The van der Waals surface area contributed by atoms with Crippen molar-refractivity contribution in [2.75, 3.05) is 38.1 Å². The average Bonchev–Trinajstić information content (AvgIpc) is 2.76. The molecule has 0 aliphatic carbocycles. The highest BCUT2D eigenvalue weighted by atomic mass is 79.9. The van der Waals surface area contributed by atoms with E-state index in [1.807, 2.05) is 16.3 Å². The van der Waals surface area contributed by atoms with Crippen LogP contribution in [0.5, 0.6) is 0 Å². The van der Waals surface area contributed by atoms with E-state index in [2.05, 4.69) is 36.8 Å². The van der Waals surface area contributed by atoms with Crippen molar-refractivity contribution in [2.24, 2.45) is 0 Å². The molecule has 1 saturated heterocycles. The Balaban J connectivity index is 1.93. The van der Waals surface area contributed by atoms with Crippen molar-refractivity contribution in [1.82, 2.24) is 9.80 Å². The Labute approximate surface area is 122 Å². The van der Waals surface area contributed by atoms with E-state index in [-0.39, 0.29) is 5.91 Å². The molecule has 1 aromatic rings. The van der Waals surface area contributed by atoms with Crippen molar-refractivity contribution in [1.29, 1.82) is 0 Å². The van der Waals surface area contributed by atoms with Crippen LogP contribution in [0.3, 0.4) is 0 Å². The number of halogens is 2. The molecule has 17 heavy (non-hydrogen) atoms. The normalized spacial score (nSPS) is 17.4. The van der Waals surface area contributed by atoms with Gasteiger partial charge in [-0.1, -0.05) is 15.9 Å². The molecule has 1 amide bonds. The van der Waals surface area contributed by atoms with Gasteiger partial charge in [0.15, 0.2) is 0 Å². The van der Waals surface area contributed by atoms with Gasteiger partial charge >= 0.3 is 0 Å². The zero-order valence-corrected chi connectivity index (χ0v) is 13.4. The molecule has 0 aromatic carbocycles. The van der Waals surface area contributed by atoms with Gasteiger partial charge in [-0.2, -0.15) is 0 Å². The fraction of sp³-hybridized carbons (Fsp3) is 0.545. The van der Waals surface area contributed by atoms with Crippen LogP contribution in [0.4, 0.5) is 0 Å². The lowest BCUT2D eigenvalue weighted by atomic mass is 10.3. The number of carbonyl (C=O) groups is 1. The molecule has 1 aliphatic rings. The summed E-state index contributed by atoms with van der Waals surface area (Å²) in [6, 6.07) is 1.93. The number of hydrogen-bond acceptors (Lipinski definition) is 3. The van der Waals surface area contributed by atoms with E-state index < -0.39 is 0 Å². The fourth-order valence-electron chi connectivity index (χ4n) is 1.88. The predicted molar refractivity (Wildman–Crippen MR) is 78.2 cm³/mol. The summed E-state index contributed by atoms with van der Waals surface area (Å²) < 4.78 is 0.912. The van der Waals surface area contributed by atoms with Crippen LogP contribution in [-0.2, 0) is 0 Å². The van der Waals surface area contributed by atoms with E-state index in [1.54, 1.807) is 0 Å². The standard InChI is InChI=1S/C11H14Br2N2OS/c12-2-3-14-4-6-15(7-5-14)11(16)10-9(13)1-8-17-10/h1,8H,2-7H2. The van der Waals surface area contributed by atoms with Crippen LogP contribution in [0.25, 0.3) is 0 Å². The second kappa shape index (κ2) is 6.31. The Morgan fingerprint density at radius 3 is 2.59 bits per heavy atom. The SMILES string of the molecule is O=C(c1sccc1Br)N1CCN(CCBr)CC1. The van der Waals surface area contributed by atoms with Gasteiger partial charge in [0.25, 0.3) is 5.91 Å². The summed E-state index contributed by atoms with van der Waals surface area (Å²) >= 11 is 8.36. The maximum Gasteiger partial charge on any atom is 0.265 e. The van der Waals surface area contributed by atoms with Crippen LogP contribution in [0.2, 0.25) is 0 Å². The van der Waals surface area contributed by atoms with Crippen molar-refractivity contribution in [2.45, 2.75) is 0 Å². The topological polar surface area (TPSA) is 23.6 Å². The number of piperazine rings is 1. The van der Waals surface area contributed by atoms with Crippen molar-refractivity contribution in [3.8, 4) is 0 Å². The molecule has 0 unspecified atom stereocenters. The van der Waals surface area contributed by atoms with Crippen LogP contribution < -0.4 is 0 Å². The summed E-state index contributed by atoms with van der Waals surface area (Å²) in [7, 11) is 0. The Bertz CT molecular complexity index is 389. The molecular formula is C11H14Br2N2OS. The minimum absolute atomic E-state index is 0.158. The highest BCUT2D eigenvalue weighted by Gasteiger charge is 2.23. The smallest absolute Gasteiger partial charge is 0.265 e. The molecule has 0 N–H and O–H groups in total. The predicted octanol–water partition coefficient (Wildman–Crippen LogP) is 2.66. The average molecular weight is 382 g/mol. The first-order valence-electron chi connectivity index (χ1n) is 5.53. The third-order valence-electron chi connectivity index (χ3n) is 2.87. The largest absolute Gasteiger partial charge is 0.335 e. The molecule has 0 bridgehead atoms. The monoisotopic (exact) mass is 380 g/mol. The number of nitrogens with zero attached hydrogens (tertiary/aromatic N) is 2. The van der Waals surface area contributed by atoms with Crippen LogP contribution >= 0.6 is 43.2 Å². The second-order valence-electron chi connectivity index (χ2n) is 3.92. The van der Waals surface area contributed by atoms with Gasteiger partial charge in [0.2, 0.25) is 0 Å². The highest BCUT2D eigenvalue weighted by Crippen LogP contribution is 2.24. The number of rotatable bonds is 3. The Hall–Kier alpha value is 0.0900. The quantitative estimate of drug-likeness (QED) is 0.751. The third-order valence-corrected chi connectivity index (χ3v) is 5.05. The first-order chi connectivity index (χ1) is 8.22. The molecule has 3 nitrogen and oxygen atoms in total. The van der Waals surface area contributed by atoms with E-state index in [0.29, 0.717) is 0 Å². The van der Waals surface area contributed by atoms with E-state index in [1.165, 1.54) is 11.3 Å². The van der Waals surface area contributed by atoms with Gasteiger partial charge in [-0.3, -0.25) is 9.69 Å². The van der Waals surface area contributed by atoms with Crippen molar-refractivity contribution in [3.63, 3.8) is 0 Å². The van der Waals surface area contributed by atoms with Gasteiger partial charge in [-0.25, -0.2) is 0 Å². The van der Waals surface area contributed by atoms with Crippen LogP contribution in [0.1, 0.15) is 9.67 Å². The minimum Gasteiger partial charge on any atom is -0.335 e. The Kier molecular flexibility index (Phi) is 5.02. The van der Waals surface area contributed by atoms with Crippen LogP contribution in [0, 0.1) is 0 Å². The molecule has 94 valence electrons. The molecule has 0 saturated carbocycles. The van der Waals surface area contributed by atoms with Gasteiger partial charge in [0.05, 0.1) is 0 Å². The highest BCUT2D eigenvalue weighted by molar-refractivity contribution is 9.10. The molecule has 0 spiro atoms. The zero-order chi connectivity index (χ0) is 12.3. The number of carbonyl (C=O) groups excluding carboxylic acids is 1. The lowest BCUT2D eigenvalue weighted by molar-refractivity contribution is 0.0649. The molecule has 1 aliphatic heterocycles. The maximum atomic E-state index is 12.2. The molecule has 1 aromatic heterocycles. The third kappa shape index (κ3) is 3.30. The number of alkyl halides is 1. The van der Waals surface area contributed by atoms with Gasteiger partial charge in [0, 0.05) is 42.5 Å². The molecule has 6 heteroatoms. The summed E-state index contributed by atoms with van der Waals surface area (Å²) in [4.78, 5) is 17.4. The summed E-state index contributed by atoms with van der Waals surface area (Å²) in [5, 5.41) is 2.94. The van der Waals surface area contributed by atoms with Crippen molar-refractivity contribution in [3.05, 3.63) is 20.8 Å². The summed E-state index contributed by atoms with van der Waals surface area (Å²) in [6.45, 7) is 4.66. The number of hydrogen-bond donors (Lipinski definition) is 0. The molecule has 2 heterocycles. The van der Waals surface area contributed by atoms with Crippen LogP contribution in [0.15, 0.2) is 15.9 Å². The lowest BCUT2D eigenvalue weighted by Gasteiger charge is -2.34. The van der Waals surface area contributed by atoms with Gasteiger partial charge < -0.3 is 4.90 Å². The number of amides is 1. The molecule has 0 radical (unpaired) electrons. The summed E-state index contributed by atoms with van der Waals surface area (Å²) in [5.41, 5.74) is 0. The summed E-state index contributed by atoms with van der Waals surface area (Å²) in [5.74, 6) is 0.158. The fourth-order valence-corrected chi connectivity index (χ4v) is 3.89. The van der Waals surface area contributed by atoms with Gasteiger partial charge in [-0.05, 0) is 27.4 Å². The Morgan fingerprint density at radius 2 is 2.06 bits per heavy atom. The van der Waals surface area contributed by atoms with Gasteiger partial charge in [0.1, 0.15) is 4.88 Å². The Morgan fingerprint density at radius 1 is 1.35 bits per heavy atom. The van der Waals surface area contributed by atoms with Crippen molar-refractivity contribution >= 4 is 49.1 Å². The second-order valence-corrected chi connectivity index (χ2v) is 6.48. The van der Waals surface area contributed by atoms with E-state index >= 15 is 0 Å². The first kappa shape index (κ1) is 13.5. The number of thiophene rings is 1. The van der Waals surface area contributed by atoms with Crippen LogP contribution in [-0.4, -0.2) is 53.8 Å². The van der Waals surface area contributed by atoms with E-state index in [9.17, 15) is 4.79 Å². The molecule has 2 rings (SSSR count). The minimum atomic E-state index is 0.158. The zero-order valence-electron chi connectivity index (χ0n) is 9.36. The molecule has 0 atom stereocenters. The maximum absolute atomic E-state index is 12.2. The summed E-state index contributed by atoms with van der Waals surface area (Å²) in [6.07, 6.45) is 0. The van der Waals surface area contributed by atoms with E-state index in [4.69, 9.17) is 0 Å².